The molecule has 1 heterocycles. The van der Waals surface area contributed by atoms with Crippen LogP contribution in [0.2, 0.25) is 0 Å². The maximum atomic E-state index is 12.9. The van der Waals surface area contributed by atoms with Gasteiger partial charge in [0, 0.05) is 25.2 Å². The van der Waals surface area contributed by atoms with Gasteiger partial charge in [0.1, 0.15) is 6.54 Å². The minimum Gasteiger partial charge on any atom is -0.468 e. The number of hydrogen-bond donors (Lipinski definition) is 2. The van der Waals surface area contributed by atoms with Gasteiger partial charge in [-0.15, -0.1) is 0 Å². The van der Waals surface area contributed by atoms with Crippen molar-refractivity contribution in [2.75, 3.05) is 33.3 Å². The van der Waals surface area contributed by atoms with Gasteiger partial charge in [-0.3, -0.25) is 19.2 Å². The fraction of sp³-hybridized carbons (Fsp3) is 0.500. The first-order valence-electron chi connectivity index (χ1n) is 11.1. The van der Waals surface area contributed by atoms with Crippen LogP contribution in [0.25, 0.3) is 0 Å². The van der Waals surface area contributed by atoms with Gasteiger partial charge in [-0.1, -0.05) is 31.5 Å². The average Bonchev–Trinajstić information content (AvgIpc) is 3.24. The van der Waals surface area contributed by atoms with E-state index in [0.717, 1.165) is 24.0 Å². The summed E-state index contributed by atoms with van der Waals surface area (Å²) >= 11 is 0. The summed E-state index contributed by atoms with van der Waals surface area (Å²) in [5.41, 5.74) is 2.71. The molecule has 1 aromatic carbocycles. The topological polar surface area (TPSA) is 105 Å². The lowest BCUT2D eigenvalue weighted by atomic mass is 9.75. The lowest BCUT2D eigenvalue weighted by molar-refractivity contribution is -0.142. The number of unbranched alkanes of at least 4 members (excludes halogenated alkanes) is 1. The SMILES string of the molecule is CCCCNC(=O)[C@@H]1CC2=C(C[C@@H]1C(=O)NCC(=O)OC)CN(C(=O)c1ccccc1)C2. The van der Waals surface area contributed by atoms with Gasteiger partial charge in [0.05, 0.1) is 18.9 Å². The maximum absolute atomic E-state index is 12.9. The number of esters is 1. The molecule has 1 aromatic rings. The summed E-state index contributed by atoms with van der Waals surface area (Å²) in [5, 5.41) is 5.54. The van der Waals surface area contributed by atoms with E-state index in [0.29, 0.717) is 38.0 Å². The summed E-state index contributed by atoms with van der Waals surface area (Å²) in [4.78, 5) is 51.9. The smallest absolute Gasteiger partial charge is 0.325 e. The Morgan fingerprint density at radius 1 is 0.969 bits per heavy atom. The Morgan fingerprint density at radius 3 is 2.12 bits per heavy atom. The fourth-order valence-electron chi connectivity index (χ4n) is 4.31. The maximum Gasteiger partial charge on any atom is 0.325 e. The standard InChI is InChI=1S/C24H31N3O5/c1-3-4-10-25-22(29)19-11-17-14-27(24(31)16-8-6-5-7-9-16)15-18(17)12-20(19)23(30)26-13-21(28)32-2/h5-9,19-20H,3-4,10-15H2,1-2H3,(H,25,29)(H,26,30)/t19-,20+/m1/s1. The Hall–Kier alpha value is -3.16. The van der Waals surface area contributed by atoms with Crippen LogP contribution in [-0.2, 0) is 19.1 Å². The number of carbonyl (C=O) groups is 4. The molecule has 3 rings (SSSR count). The van der Waals surface area contributed by atoms with Crippen molar-refractivity contribution in [2.24, 2.45) is 11.8 Å². The van der Waals surface area contributed by atoms with Crippen LogP contribution in [0.4, 0.5) is 0 Å². The zero-order valence-electron chi connectivity index (χ0n) is 18.7. The van der Waals surface area contributed by atoms with Crippen molar-refractivity contribution in [1.82, 2.24) is 15.5 Å². The van der Waals surface area contributed by atoms with Crippen molar-refractivity contribution in [3.63, 3.8) is 0 Å². The largest absolute Gasteiger partial charge is 0.468 e. The van der Waals surface area contributed by atoms with Gasteiger partial charge >= 0.3 is 5.97 Å². The number of hydrogen-bond acceptors (Lipinski definition) is 5. The molecule has 172 valence electrons. The second-order valence-corrected chi connectivity index (χ2v) is 8.29. The molecule has 0 fully saturated rings. The van der Waals surface area contributed by atoms with E-state index >= 15 is 0 Å². The molecule has 0 spiro atoms. The van der Waals surface area contributed by atoms with Gasteiger partial charge in [0.2, 0.25) is 11.8 Å². The minimum atomic E-state index is -0.591. The number of rotatable bonds is 8. The summed E-state index contributed by atoms with van der Waals surface area (Å²) < 4.78 is 4.59. The van der Waals surface area contributed by atoms with E-state index in [1.165, 1.54) is 7.11 Å². The van der Waals surface area contributed by atoms with Crippen LogP contribution < -0.4 is 10.6 Å². The highest BCUT2D eigenvalue weighted by atomic mass is 16.5. The normalized spacial score (nSPS) is 19.9. The van der Waals surface area contributed by atoms with E-state index < -0.39 is 17.8 Å². The molecule has 8 heteroatoms. The van der Waals surface area contributed by atoms with E-state index in [4.69, 9.17) is 0 Å². The van der Waals surface area contributed by atoms with Crippen molar-refractivity contribution in [1.29, 1.82) is 0 Å². The molecule has 8 nitrogen and oxygen atoms in total. The van der Waals surface area contributed by atoms with Crippen molar-refractivity contribution >= 4 is 23.7 Å². The van der Waals surface area contributed by atoms with Gasteiger partial charge in [-0.05, 0) is 42.5 Å². The summed E-state index contributed by atoms with van der Waals surface area (Å²) in [7, 11) is 1.26. The molecular weight excluding hydrogens is 410 g/mol. The molecule has 0 saturated carbocycles. The van der Waals surface area contributed by atoms with Gasteiger partial charge in [0.15, 0.2) is 0 Å². The van der Waals surface area contributed by atoms with Crippen LogP contribution in [0.1, 0.15) is 43.0 Å². The third kappa shape index (κ3) is 5.55. The quantitative estimate of drug-likeness (QED) is 0.363. The number of ether oxygens (including phenoxy) is 1. The Balaban J connectivity index is 1.73. The van der Waals surface area contributed by atoms with E-state index in [1.807, 2.05) is 25.1 Å². The Bertz CT molecular complexity index is 896. The zero-order chi connectivity index (χ0) is 23.1. The monoisotopic (exact) mass is 441 g/mol. The molecule has 0 bridgehead atoms. The van der Waals surface area contributed by atoms with Crippen molar-refractivity contribution in [3.8, 4) is 0 Å². The summed E-state index contributed by atoms with van der Waals surface area (Å²) in [6.45, 7) is 3.30. The molecule has 2 atom stereocenters. The summed E-state index contributed by atoms with van der Waals surface area (Å²) in [5.74, 6) is -2.22. The van der Waals surface area contributed by atoms with Crippen LogP contribution in [0.3, 0.4) is 0 Å². The van der Waals surface area contributed by atoms with E-state index in [1.54, 1.807) is 17.0 Å². The molecule has 1 aliphatic heterocycles. The van der Waals surface area contributed by atoms with E-state index in [9.17, 15) is 19.2 Å². The highest BCUT2D eigenvalue weighted by molar-refractivity contribution is 5.95. The number of methoxy groups -OCH3 is 1. The van der Waals surface area contributed by atoms with Crippen molar-refractivity contribution in [3.05, 3.63) is 47.0 Å². The second kappa shape index (κ2) is 10.9. The minimum absolute atomic E-state index is 0.0596. The van der Waals surface area contributed by atoms with Crippen LogP contribution >= 0.6 is 0 Å². The van der Waals surface area contributed by atoms with Gasteiger partial charge in [-0.25, -0.2) is 0 Å². The second-order valence-electron chi connectivity index (χ2n) is 8.29. The Kier molecular flexibility index (Phi) is 8.03. The molecule has 32 heavy (non-hydrogen) atoms. The third-order valence-corrected chi connectivity index (χ3v) is 6.13. The van der Waals surface area contributed by atoms with Gasteiger partial charge < -0.3 is 20.3 Å². The third-order valence-electron chi connectivity index (χ3n) is 6.13. The molecular formula is C24H31N3O5. The van der Waals surface area contributed by atoms with Crippen LogP contribution in [0, 0.1) is 11.8 Å². The molecule has 3 amide bonds. The lowest BCUT2D eigenvalue weighted by Crippen LogP contribution is -2.45. The first-order chi connectivity index (χ1) is 15.4. The van der Waals surface area contributed by atoms with Crippen LogP contribution in [-0.4, -0.2) is 61.9 Å². The number of benzene rings is 1. The van der Waals surface area contributed by atoms with Crippen LogP contribution in [0.15, 0.2) is 41.5 Å². The lowest BCUT2D eigenvalue weighted by Gasteiger charge is -2.30. The number of amides is 3. The number of carbonyl (C=O) groups excluding carboxylic acids is 4. The first-order valence-corrected chi connectivity index (χ1v) is 11.1. The highest BCUT2D eigenvalue weighted by Crippen LogP contribution is 2.39. The van der Waals surface area contributed by atoms with E-state index in [2.05, 4.69) is 15.4 Å². The summed E-state index contributed by atoms with van der Waals surface area (Å²) in [6, 6.07) is 9.09. The molecule has 0 unspecified atom stereocenters. The number of nitrogens with one attached hydrogen (secondary N) is 2. The van der Waals surface area contributed by atoms with Crippen molar-refractivity contribution < 1.29 is 23.9 Å². The predicted molar refractivity (Wildman–Crippen MR) is 119 cm³/mol. The summed E-state index contributed by atoms with van der Waals surface area (Å²) in [6.07, 6.45) is 2.65. The first kappa shape index (κ1) is 23.5. The molecule has 0 saturated heterocycles. The van der Waals surface area contributed by atoms with Gasteiger partial charge in [0.25, 0.3) is 5.91 Å². The average molecular weight is 442 g/mol. The molecule has 2 N–H and O–H groups in total. The molecule has 2 aliphatic rings. The highest BCUT2D eigenvalue weighted by Gasteiger charge is 2.42. The number of nitrogens with zero attached hydrogens (tertiary/aromatic N) is 1. The Morgan fingerprint density at radius 2 is 1.56 bits per heavy atom. The zero-order valence-corrected chi connectivity index (χ0v) is 18.7. The fourth-order valence-corrected chi connectivity index (χ4v) is 4.31. The molecule has 0 aromatic heterocycles. The van der Waals surface area contributed by atoms with E-state index in [-0.39, 0.29) is 24.3 Å². The molecule has 0 radical (unpaired) electrons. The predicted octanol–water partition coefficient (Wildman–Crippen LogP) is 1.67. The van der Waals surface area contributed by atoms with Crippen LogP contribution in [0.5, 0.6) is 0 Å². The van der Waals surface area contributed by atoms with Crippen molar-refractivity contribution in [2.45, 2.75) is 32.6 Å². The van der Waals surface area contributed by atoms with Gasteiger partial charge in [-0.2, -0.15) is 0 Å². The Labute approximate surface area is 188 Å². The molecule has 1 aliphatic carbocycles.